The first-order chi connectivity index (χ1) is 10.3. The number of nitrogens with one attached hydrogen (secondary N) is 2. The zero-order valence-corrected chi connectivity index (χ0v) is 14.0. The lowest BCUT2D eigenvalue weighted by Crippen LogP contribution is -2.39. The summed E-state index contributed by atoms with van der Waals surface area (Å²) in [7, 11) is 0. The summed E-state index contributed by atoms with van der Waals surface area (Å²) in [5, 5.41) is 15.4. The van der Waals surface area contributed by atoms with Crippen molar-refractivity contribution in [3.8, 4) is 0 Å². The summed E-state index contributed by atoms with van der Waals surface area (Å²) in [6.45, 7) is 10.1. The molecule has 0 saturated carbocycles. The maximum Gasteiger partial charge on any atom is 0.314 e. The molecule has 0 aliphatic rings. The van der Waals surface area contributed by atoms with Gasteiger partial charge in [-0.2, -0.15) is 0 Å². The molecule has 0 spiro atoms. The van der Waals surface area contributed by atoms with E-state index in [0.29, 0.717) is 19.8 Å². The highest BCUT2D eigenvalue weighted by Crippen LogP contribution is 2.23. The van der Waals surface area contributed by atoms with Crippen molar-refractivity contribution in [1.82, 2.24) is 10.6 Å². The maximum atomic E-state index is 11.5. The van der Waals surface area contributed by atoms with Crippen molar-refractivity contribution in [1.29, 1.82) is 0 Å². The summed E-state index contributed by atoms with van der Waals surface area (Å²) in [5.41, 5.74) is 2.09. The molecular formula is C17H28N2O3. The van der Waals surface area contributed by atoms with Crippen LogP contribution in [0.25, 0.3) is 0 Å². The third-order valence-electron chi connectivity index (χ3n) is 3.35. The smallest absolute Gasteiger partial charge is 0.314 e. The minimum Gasteiger partial charge on any atom is -0.387 e. The molecule has 3 N–H and O–H groups in total. The standard InChI is InChI=1S/C17H28N2O3/c1-5-22-11-10-18-16(21)19-12-15(20)13-6-8-14(9-7-13)17(2,3)4/h6-9,15,20H,5,10-12H2,1-4H3,(H2,18,19,21). The minimum absolute atomic E-state index is 0.0855. The van der Waals surface area contributed by atoms with E-state index in [2.05, 4.69) is 31.4 Å². The van der Waals surface area contributed by atoms with E-state index in [4.69, 9.17) is 4.74 Å². The van der Waals surface area contributed by atoms with E-state index in [0.717, 1.165) is 5.56 Å². The molecule has 22 heavy (non-hydrogen) atoms. The monoisotopic (exact) mass is 308 g/mol. The van der Waals surface area contributed by atoms with E-state index in [1.807, 2.05) is 31.2 Å². The van der Waals surface area contributed by atoms with Crippen LogP contribution in [-0.2, 0) is 10.2 Å². The molecule has 0 aromatic heterocycles. The van der Waals surface area contributed by atoms with Crippen LogP contribution in [0.2, 0.25) is 0 Å². The fourth-order valence-electron chi connectivity index (χ4n) is 1.96. The molecule has 0 aliphatic carbocycles. The fourth-order valence-corrected chi connectivity index (χ4v) is 1.96. The molecule has 1 unspecified atom stereocenters. The molecule has 1 aromatic carbocycles. The molecule has 0 fully saturated rings. The maximum absolute atomic E-state index is 11.5. The lowest BCUT2D eigenvalue weighted by molar-refractivity contribution is 0.148. The molecule has 1 rings (SSSR count). The number of carbonyl (C=O) groups excluding carboxylic acids is 1. The second-order valence-corrected chi connectivity index (χ2v) is 6.22. The van der Waals surface area contributed by atoms with Gasteiger partial charge in [-0.05, 0) is 23.5 Å². The van der Waals surface area contributed by atoms with E-state index in [-0.39, 0.29) is 18.0 Å². The Balaban J connectivity index is 2.39. The van der Waals surface area contributed by atoms with Gasteiger partial charge in [0.05, 0.1) is 12.7 Å². The molecule has 0 saturated heterocycles. The lowest BCUT2D eigenvalue weighted by atomic mass is 9.86. The second-order valence-electron chi connectivity index (χ2n) is 6.22. The molecule has 0 bridgehead atoms. The van der Waals surface area contributed by atoms with Gasteiger partial charge in [0.25, 0.3) is 0 Å². The SMILES string of the molecule is CCOCCNC(=O)NCC(O)c1ccc(C(C)(C)C)cc1. The van der Waals surface area contributed by atoms with Gasteiger partial charge in [-0.3, -0.25) is 0 Å². The average molecular weight is 308 g/mol. The largest absolute Gasteiger partial charge is 0.387 e. The summed E-state index contributed by atoms with van der Waals surface area (Å²) in [4.78, 5) is 11.5. The summed E-state index contributed by atoms with van der Waals surface area (Å²) in [6, 6.07) is 7.53. The zero-order valence-electron chi connectivity index (χ0n) is 14.0. The Morgan fingerprint density at radius 2 is 1.86 bits per heavy atom. The molecule has 1 atom stereocenters. The van der Waals surface area contributed by atoms with Crippen molar-refractivity contribution in [2.24, 2.45) is 0 Å². The molecular weight excluding hydrogens is 280 g/mol. The number of amides is 2. The van der Waals surface area contributed by atoms with Crippen molar-refractivity contribution >= 4 is 6.03 Å². The third kappa shape index (κ3) is 6.45. The van der Waals surface area contributed by atoms with Crippen molar-refractivity contribution in [3.05, 3.63) is 35.4 Å². The van der Waals surface area contributed by atoms with Crippen LogP contribution in [0.5, 0.6) is 0 Å². The van der Waals surface area contributed by atoms with Crippen LogP contribution in [0.4, 0.5) is 4.79 Å². The van der Waals surface area contributed by atoms with Gasteiger partial charge >= 0.3 is 6.03 Å². The minimum atomic E-state index is -0.716. The molecule has 0 aliphatic heterocycles. The Kier molecular flexibility index (Phi) is 7.35. The number of rotatable bonds is 7. The van der Waals surface area contributed by atoms with Gasteiger partial charge in [0.1, 0.15) is 0 Å². The van der Waals surface area contributed by atoms with Crippen LogP contribution >= 0.6 is 0 Å². The molecule has 0 heterocycles. The quantitative estimate of drug-likeness (QED) is 0.677. The van der Waals surface area contributed by atoms with E-state index >= 15 is 0 Å². The Morgan fingerprint density at radius 1 is 1.23 bits per heavy atom. The third-order valence-corrected chi connectivity index (χ3v) is 3.35. The molecule has 5 nitrogen and oxygen atoms in total. The second kappa shape index (κ2) is 8.76. The molecule has 0 radical (unpaired) electrons. The number of urea groups is 1. The first kappa shape index (κ1) is 18.5. The van der Waals surface area contributed by atoms with Gasteiger partial charge in [0, 0.05) is 19.7 Å². The highest BCUT2D eigenvalue weighted by Gasteiger charge is 2.15. The van der Waals surface area contributed by atoms with E-state index in [9.17, 15) is 9.90 Å². The molecule has 5 heteroatoms. The number of benzene rings is 1. The van der Waals surface area contributed by atoms with E-state index in [1.165, 1.54) is 5.56 Å². The van der Waals surface area contributed by atoms with Crippen molar-refractivity contribution in [3.63, 3.8) is 0 Å². The van der Waals surface area contributed by atoms with Crippen LogP contribution in [0, 0.1) is 0 Å². The van der Waals surface area contributed by atoms with Crippen molar-refractivity contribution in [2.45, 2.75) is 39.2 Å². The topological polar surface area (TPSA) is 70.6 Å². The number of hydrogen-bond donors (Lipinski definition) is 3. The number of hydrogen-bond acceptors (Lipinski definition) is 3. The van der Waals surface area contributed by atoms with Gasteiger partial charge in [0.15, 0.2) is 0 Å². The van der Waals surface area contributed by atoms with E-state index in [1.54, 1.807) is 0 Å². The van der Waals surface area contributed by atoms with Gasteiger partial charge in [0.2, 0.25) is 0 Å². The predicted octanol–water partition coefficient (Wildman–Crippen LogP) is 2.35. The van der Waals surface area contributed by atoms with Crippen LogP contribution in [0.15, 0.2) is 24.3 Å². The first-order valence-corrected chi connectivity index (χ1v) is 7.72. The number of carbonyl (C=O) groups is 1. The molecule has 1 aromatic rings. The summed E-state index contributed by atoms with van der Waals surface area (Å²) < 4.78 is 5.13. The predicted molar refractivity (Wildman–Crippen MR) is 88.0 cm³/mol. The fraction of sp³-hybridized carbons (Fsp3) is 0.588. The Hall–Kier alpha value is -1.59. The number of aliphatic hydroxyl groups excluding tert-OH is 1. The summed E-state index contributed by atoms with van der Waals surface area (Å²) in [6.07, 6.45) is -0.716. The van der Waals surface area contributed by atoms with Gasteiger partial charge in [-0.15, -0.1) is 0 Å². The highest BCUT2D eigenvalue weighted by molar-refractivity contribution is 5.73. The molecule has 124 valence electrons. The Labute approximate surface area is 133 Å². The van der Waals surface area contributed by atoms with Gasteiger partial charge < -0.3 is 20.5 Å². The van der Waals surface area contributed by atoms with Crippen LogP contribution in [-0.4, -0.2) is 37.4 Å². The van der Waals surface area contributed by atoms with Crippen molar-refractivity contribution in [2.75, 3.05) is 26.3 Å². The normalized spacial score (nSPS) is 12.8. The highest BCUT2D eigenvalue weighted by atomic mass is 16.5. The lowest BCUT2D eigenvalue weighted by Gasteiger charge is -2.20. The Bertz CT molecular complexity index is 452. The van der Waals surface area contributed by atoms with E-state index < -0.39 is 6.10 Å². The zero-order chi connectivity index (χ0) is 16.6. The average Bonchev–Trinajstić information content (AvgIpc) is 2.48. The van der Waals surface area contributed by atoms with Crippen LogP contribution < -0.4 is 10.6 Å². The van der Waals surface area contributed by atoms with Crippen LogP contribution in [0.1, 0.15) is 44.9 Å². The number of ether oxygens (including phenoxy) is 1. The summed E-state index contributed by atoms with van der Waals surface area (Å²) in [5.74, 6) is 0. The van der Waals surface area contributed by atoms with Gasteiger partial charge in [-0.25, -0.2) is 4.79 Å². The summed E-state index contributed by atoms with van der Waals surface area (Å²) >= 11 is 0. The van der Waals surface area contributed by atoms with Crippen molar-refractivity contribution < 1.29 is 14.6 Å². The Morgan fingerprint density at radius 3 is 2.41 bits per heavy atom. The molecule has 2 amide bonds. The first-order valence-electron chi connectivity index (χ1n) is 7.72. The van der Waals surface area contributed by atoms with Crippen LogP contribution in [0.3, 0.4) is 0 Å². The van der Waals surface area contributed by atoms with Gasteiger partial charge in [-0.1, -0.05) is 45.0 Å². The number of aliphatic hydroxyl groups is 1.